The van der Waals surface area contributed by atoms with Crippen LogP contribution < -0.4 is 11.3 Å². The predicted molar refractivity (Wildman–Crippen MR) is 84.9 cm³/mol. The lowest BCUT2D eigenvalue weighted by atomic mass is 10.1. The molecule has 2 rings (SSSR count). The van der Waals surface area contributed by atoms with Gasteiger partial charge in [0, 0.05) is 23.9 Å². The van der Waals surface area contributed by atoms with Crippen molar-refractivity contribution in [1.82, 2.24) is 9.72 Å². The number of aryl methyl sites for hydroxylation is 1. The number of carbonyl (C=O) groups excluding carboxylic acids is 1. The molecule has 0 aliphatic rings. The summed E-state index contributed by atoms with van der Waals surface area (Å²) in [5.41, 5.74) is 5.10. The second-order valence-corrected chi connectivity index (χ2v) is 5.17. The normalized spacial score (nSPS) is 11.3. The first-order valence-electron chi connectivity index (χ1n) is 6.59. The first-order valence-corrected chi connectivity index (χ1v) is 7.22. The van der Waals surface area contributed by atoms with Crippen LogP contribution in [0.1, 0.15) is 21.6 Å². The van der Waals surface area contributed by atoms with Crippen LogP contribution in [0.3, 0.4) is 0 Å². The van der Waals surface area contributed by atoms with E-state index in [0.29, 0.717) is 5.69 Å². The largest absolute Gasteiger partial charge is 0.494 e. The Morgan fingerprint density at radius 2 is 2.17 bits per heavy atom. The third-order valence-electron chi connectivity index (χ3n) is 3.09. The monoisotopic (exact) mass is 337 g/mol. The van der Waals surface area contributed by atoms with Crippen molar-refractivity contribution in [3.63, 3.8) is 0 Å². The van der Waals surface area contributed by atoms with Crippen molar-refractivity contribution in [2.75, 3.05) is 5.75 Å². The number of primary amides is 1. The molecular weight excluding hydrogens is 322 g/mol. The van der Waals surface area contributed by atoms with Crippen molar-refractivity contribution in [3.05, 3.63) is 33.2 Å². The van der Waals surface area contributed by atoms with Gasteiger partial charge in [0.15, 0.2) is 5.69 Å². The molecule has 0 bridgehead atoms. The number of hydrogen-bond acceptors (Lipinski definition) is 8. The van der Waals surface area contributed by atoms with E-state index in [2.05, 4.69) is 28.0 Å². The van der Waals surface area contributed by atoms with Gasteiger partial charge in [-0.1, -0.05) is 5.16 Å². The highest BCUT2D eigenvalue weighted by Gasteiger charge is 2.22. The Bertz CT molecular complexity index is 840. The average molecular weight is 337 g/mol. The highest BCUT2D eigenvalue weighted by molar-refractivity contribution is 7.80. The summed E-state index contributed by atoms with van der Waals surface area (Å²) < 4.78 is 5.84. The molecule has 2 aromatic heterocycles. The molecule has 0 unspecified atom stereocenters. The van der Waals surface area contributed by atoms with Crippen molar-refractivity contribution in [2.24, 2.45) is 16.0 Å². The number of aromatic nitrogens is 2. The van der Waals surface area contributed by atoms with Crippen LogP contribution in [0.5, 0.6) is 5.88 Å². The maximum Gasteiger partial charge on any atom is 0.281 e. The second kappa shape index (κ2) is 6.65. The minimum Gasteiger partial charge on any atom is -0.494 e. The van der Waals surface area contributed by atoms with E-state index >= 15 is 0 Å². The molecule has 0 atom stereocenters. The summed E-state index contributed by atoms with van der Waals surface area (Å²) in [7, 11) is 0. The van der Waals surface area contributed by atoms with Gasteiger partial charge in [-0.05, 0) is 13.8 Å². The molecule has 1 amide bonds. The van der Waals surface area contributed by atoms with Gasteiger partial charge in [0.1, 0.15) is 5.56 Å². The van der Waals surface area contributed by atoms with E-state index in [1.54, 1.807) is 6.92 Å². The van der Waals surface area contributed by atoms with E-state index in [9.17, 15) is 14.7 Å². The van der Waals surface area contributed by atoms with E-state index in [0.717, 1.165) is 4.57 Å². The number of rotatable bonds is 5. The number of pyridine rings is 1. The summed E-state index contributed by atoms with van der Waals surface area (Å²) in [6.07, 6.45) is 0. The van der Waals surface area contributed by atoms with Gasteiger partial charge in [0.2, 0.25) is 5.88 Å². The lowest BCUT2D eigenvalue weighted by Crippen LogP contribution is -2.26. The highest BCUT2D eigenvalue weighted by Crippen LogP contribution is 2.27. The quantitative estimate of drug-likeness (QED) is 0.562. The molecule has 122 valence electrons. The van der Waals surface area contributed by atoms with Crippen LogP contribution in [0.2, 0.25) is 0 Å². The fourth-order valence-electron chi connectivity index (χ4n) is 2.02. The van der Waals surface area contributed by atoms with E-state index in [4.69, 9.17) is 10.3 Å². The Kier molecular flexibility index (Phi) is 4.84. The lowest BCUT2D eigenvalue weighted by molar-refractivity contribution is 0.0995. The zero-order valence-corrected chi connectivity index (χ0v) is 13.4. The fraction of sp³-hybridized carbons (Fsp3) is 0.308. The van der Waals surface area contributed by atoms with Gasteiger partial charge >= 0.3 is 0 Å². The molecule has 2 aromatic rings. The maximum absolute atomic E-state index is 12.4. The van der Waals surface area contributed by atoms with Gasteiger partial charge < -0.3 is 15.4 Å². The maximum atomic E-state index is 12.4. The molecule has 9 nitrogen and oxygen atoms in total. The predicted octanol–water partition coefficient (Wildman–Crippen LogP) is 1.60. The minimum absolute atomic E-state index is 0.0816. The number of nitrogens with zero attached hydrogens (tertiary/aromatic N) is 4. The molecule has 3 N–H and O–H groups in total. The summed E-state index contributed by atoms with van der Waals surface area (Å²) in [4.78, 5) is 24.0. The van der Waals surface area contributed by atoms with Crippen molar-refractivity contribution in [3.8, 4) is 5.88 Å². The molecule has 0 saturated carbocycles. The summed E-state index contributed by atoms with van der Waals surface area (Å²) >= 11 is 4.02. The van der Waals surface area contributed by atoms with Gasteiger partial charge in [0.25, 0.3) is 17.4 Å². The molecule has 0 aliphatic heterocycles. The van der Waals surface area contributed by atoms with Gasteiger partial charge in [-0.3, -0.25) is 14.2 Å². The molecule has 2 heterocycles. The van der Waals surface area contributed by atoms with Crippen molar-refractivity contribution in [2.45, 2.75) is 20.4 Å². The van der Waals surface area contributed by atoms with Crippen LogP contribution in [0.25, 0.3) is 0 Å². The molecule has 23 heavy (non-hydrogen) atoms. The summed E-state index contributed by atoms with van der Waals surface area (Å²) in [5.74, 6) is -1.01. The zero-order valence-electron chi connectivity index (χ0n) is 12.5. The molecule has 0 spiro atoms. The van der Waals surface area contributed by atoms with Crippen LogP contribution >= 0.6 is 12.6 Å². The number of thiol groups is 1. The Labute approximate surface area is 136 Å². The van der Waals surface area contributed by atoms with Gasteiger partial charge in [-0.15, -0.1) is 10.2 Å². The first-order chi connectivity index (χ1) is 10.9. The lowest BCUT2D eigenvalue weighted by Gasteiger charge is -2.13. The summed E-state index contributed by atoms with van der Waals surface area (Å²) in [6, 6.07) is 1.53. The van der Waals surface area contributed by atoms with E-state index in [-0.39, 0.29) is 35.0 Å². The van der Waals surface area contributed by atoms with Crippen molar-refractivity contribution >= 4 is 30.1 Å². The van der Waals surface area contributed by atoms with Crippen LogP contribution in [-0.2, 0) is 6.54 Å². The Morgan fingerprint density at radius 1 is 1.48 bits per heavy atom. The topological polar surface area (TPSA) is 136 Å². The van der Waals surface area contributed by atoms with E-state index < -0.39 is 17.3 Å². The highest BCUT2D eigenvalue weighted by atomic mass is 32.1. The SMILES string of the molecule is Cc1cc(N=Nc2c(C)c(C(N)=O)c(O)n(CCS)c2=O)on1. The standard InChI is InChI=1S/C13H15N5O4S/c1-6-5-8(22-17-6)15-16-10-7(2)9(11(14)19)12(20)18(3-4-23)13(10)21/h5,20,23H,3-4H2,1-2H3,(H2,14,19). The fourth-order valence-corrected chi connectivity index (χ4v) is 2.22. The molecule has 0 radical (unpaired) electrons. The minimum atomic E-state index is -0.875. The van der Waals surface area contributed by atoms with Crippen molar-refractivity contribution in [1.29, 1.82) is 0 Å². The number of carbonyl (C=O) groups is 1. The van der Waals surface area contributed by atoms with Crippen molar-refractivity contribution < 1.29 is 14.4 Å². The van der Waals surface area contributed by atoms with Gasteiger partial charge in [-0.25, -0.2) is 0 Å². The number of azo groups is 1. The van der Waals surface area contributed by atoms with Crippen LogP contribution in [-0.4, -0.2) is 26.5 Å². The molecule has 0 aliphatic carbocycles. The Morgan fingerprint density at radius 3 is 2.70 bits per heavy atom. The van der Waals surface area contributed by atoms with Crippen LogP contribution in [0.15, 0.2) is 25.6 Å². The molecule has 0 aromatic carbocycles. The molecule has 0 fully saturated rings. The smallest absolute Gasteiger partial charge is 0.281 e. The van der Waals surface area contributed by atoms with Gasteiger partial charge in [0.05, 0.1) is 5.69 Å². The molecule has 0 saturated heterocycles. The van der Waals surface area contributed by atoms with Crippen LogP contribution in [0, 0.1) is 13.8 Å². The third kappa shape index (κ3) is 3.26. The Hall–Kier alpha value is -2.62. The molecule has 10 heteroatoms. The number of hydrogen-bond donors (Lipinski definition) is 3. The van der Waals surface area contributed by atoms with E-state index in [1.165, 1.54) is 13.0 Å². The van der Waals surface area contributed by atoms with Crippen LogP contribution in [0.4, 0.5) is 11.6 Å². The second-order valence-electron chi connectivity index (χ2n) is 4.72. The number of amides is 1. The zero-order chi connectivity index (χ0) is 17.1. The van der Waals surface area contributed by atoms with Gasteiger partial charge in [-0.2, -0.15) is 12.6 Å². The Balaban J connectivity index is 2.64. The first kappa shape index (κ1) is 16.7. The summed E-state index contributed by atoms with van der Waals surface area (Å²) in [6.45, 7) is 3.24. The number of aromatic hydroxyl groups is 1. The average Bonchev–Trinajstić information content (AvgIpc) is 2.88. The van der Waals surface area contributed by atoms with E-state index in [1.807, 2.05) is 0 Å². The summed E-state index contributed by atoms with van der Waals surface area (Å²) in [5, 5.41) is 21.3. The molecular formula is C13H15N5O4S. The third-order valence-corrected chi connectivity index (χ3v) is 3.29. The number of nitrogens with two attached hydrogens (primary N) is 1.